The van der Waals surface area contributed by atoms with Gasteiger partial charge in [0.1, 0.15) is 22.9 Å². The van der Waals surface area contributed by atoms with Crippen LogP contribution in [0.3, 0.4) is 0 Å². The lowest BCUT2D eigenvalue weighted by molar-refractivity contribution is -0.0425. The Hall–Kier alpha value is -3.71. The molecule has 0 atom stereocenters. The predicted molar refractivity (Wildman–Crippen MR) is 111 cm³/mol. The molecule has 1 aromatic carbocycles. The first-order valence-electron chi connectivity index (χ1n) is 9.23. The molecule has 0 spiro atoms. The van der Waals surface area contributed by atoms with Gasteiger partial charge in [-0.2, -0.15) is 15.2 Å². The van der Waals surface area contributed by atoms with Gasteiger partial charge >= 0.3 is 6.01 Å². The first-order valence-corrected chi connectivity index (χ1v) is 9.61. The Labute approximate surface area is 181 Å². The smallest absolute Gasteiger partial charge is 0.327 e. The molecule has 0 saturated carbocycles. The summed E-state index contributed by atoms with van der Waals surface area (Å²) in [6.07, 6.45) is 1.83. The van der Waals surface area contributed by atoms with Gasteiger partial charge in [-0.25, -0.2) is 0 Å². The molecule has 0 unspecified atom stereocenters. The number of halogens is 1. The van der Waals surface area contributed by atoms with Gasteiger partial charge < -0.3 is 24.7 Å². The van der Waals surface area contributed by atoms with Crippen LogP contribution >= 0.6 is 11.6 Å². The highest BCUT2D eigenvalue weighted by molar-refractivity contribution is 6.36. The minimum absolute atomic E-state index is 0.0432. The second kappa shape index (κ2) is 8.57. The molecule has 0 amide bonds. The number of nitriles is 1. The summed E-state index contributed by atoms with van der Waals surface area (Å²) in [7, 11) is 0. The highest BCUT2D eigenvalue weighted by Gasteiger charge is 2.20. The molecule has 156 valence electrons. The summed E-state index contributed by atoms with van der Waals surface area (Å²) in [6.45, 7) is 1.94. The van der Waals surface area contributed by atoms with E-state index in [0.717, 1.165) is 5.69 Å². The number of aromatic nitrogens is 4. The number of pyridine rings is 1. The molecule has 9 nitrogen and oxygen atoms in total. The van der Waals surface area contributed by atoms with Crippen molar-refractivity contribution in [3.05, 3.63) is 64.6 Å². The number of fused-ring (bicyclic) bond motifs is 1. The maximum atomic E-state index is 9.42. The molecule has 3 heterocycles. The van der Waals surface area contributed by atoms with Crippen molar-refractivity contribution in [1.82, 2.24) is 19.9 Å². The van der Waals surface area contributed by atoms with E-state index in [4.69, 9.17) is 26.3 Å². The van der Waals surface area contributed by atoms with Gasteiger partial charge in [-0.3, -0.25) is 4.98 Å². The molecule has 0 aliphatic rings. The number of aromatic amines is 1. The van der Waals surface area contributed by atoms with Crippen molar-refractivity contribution in [1.29, 1.82) is 5.26 Å². The molecular formula is C21H16ClN5O4. The molecule has 3 N–H and O–H groups in total. The van der Waals surface area contributed by atoms with Crippen LogP contribution in [0.25, 0.3) is 11.0 Å². The number of benzene rings is 1. The number of aliphatic hydroxyl groups is 2. The molecule has 10 heteroatoms. The number of nitrogens with one attached hydrogen (secondary N) is 1. The van der Waals surface area contributed by atoms with Gasteiger partial charge in [-0.05, 0) is 18.6 Å². The first-order chi connectivity index (χ1) is 15.0. The van der Waals surface area contributed by atoms with Gasteiger partial charge in [0.05, 0.1) is 16.8 Å². The lowest BCUT2D eigenvalue weighted by Crippen LogP contribution is -1.98. The van der Waals surface area contributed by atoms with E-state index in [-0.39, 0.29) is 23.2 Å². The zero-order valence-corrected chi connectivity index (χ0v) is 17.0. The van der Waals surface area contributed by atoms with Gasteiger partial charge in [0.25, 0.3) is 0 Å². The number of nitrogens with zero attached hydrogens (tertiary/aromatic N) is 4. The number of ether oxygens (including phenoxy) is 2. The number of hydrogen-bond donors (Lipinski definition) is 3. The fourth-order valence-electron chi connectivity index (χ4n) is 2.91. The summed E-state index contributed by atoms with van der Waals surface area (Å²) in [5.41, 5.74) is 1.74. The van der Waals surface area contributed by atoms with Gasteiger partial charge in [0, 0.05) is 23.5 Å². The minimum atomic E-state index is -1.64. The summed E-state index contributed by atoms with van der Waals surface area (Å²) >= 11 is 6.50. The van der Waals surface area contributed by atoms with Crippen LogP contribution in [0.2, 0.25) is 5.02 Å². The Morgan fingerprint density at radius 1 is 1.16 bits per heavy atom. The SMILES string of the molecule is CCc1[nH]c2nc(Oc3cncc(C#N)c3)nc(Oc3cccc(C(O)O)c3)c2c1Cl. The molecule has 4 rings (SSSR count). The number of rotatable bonds is 6. The third kappa shape index (κ3) is 4.27. The Morgan fingerprint density at radius 3 is 2.74 bits per heavy atom. The Morgan fingerprint density at radius 2 is 2.00 bits per heavy atom. The predicted octanol–water partition coefficient (Wildman–Crippen LogP) is 4.01. The van der Waals surface area contributed by atoms with Crippen LogP contribution in [-0.4, -0.2) is 30.1 Å². The van der Waals surface area contributed by atoms with E-state index in [1.165, 1.54) is 24.5 Å². The monoisotopic (exact) mass is 437 g/mol. The second-order valence-electron chi connectivity index (χ2n) is 6.48. The first kappa shape index (κ1) is 20.6. The summed E-state index contributed by atoms with van der Waals surface area (Å²) in [6, 6.07) is 9.74. The fraction of sp³-hybridized carbons (Fsp3) is 0.143. The summed E-state index contributed by atoms with van der Waals surface area (Å²) in [4.78, 5) is 15.8. The Bertz CT molecular complexity index is 1300. The Balaban J connectivity index is 1.79. The van der Waals surface area contributed by atoms with E-state index in [0.29, 0.717) is 33.8 Å². The molecule has 31 heavy (non-hydrogen) atoms. The van der Waals surface area contributed by atoms with Crippen molar-refractivity contribution < 1.29 is 19.7 Å². The normalized spacial score (nSPS) is 11.0. The highest BCUT2D eigenvalue weighted by Crippen LogP contribution is 2.37. The van der Waals surface area contributed by atoms with Crippen molar-refractivity contribution in [2.24, 2.45) is 0 Å². The van der Waals surface area contributed by atoms with E-state index in [1.807, 2.05) is 13.0 Å². The van der Waals surface area contributed by atoms with Crippen molar-refractivity contribution in [3.8, 4) is 29.5 Å². The molecule has 3 aromatic heterocycles. The third-order valence-corrected chi connectivity index (χ3v) is 4.80. The van der Waals surface area contributed by atoms with Crippen LogP contribution in [0.4, 0.5) is 0 Å². The number of aryl methyl sites for hydroxylation is 1. The molecule has 0 aliphatic heterocycles. The number of hydrogen-bond acceptors (Lipinski definition) is 8. The quantitative estimate of drug-likeness (QED) is 0.385. The topological polar surface area (TPSA) is 137 Å². The minimum Gasteiger partial charge on any atom is -0.438 e. The van der Waals surface area contributed by atoms with Gasteiger partial charge in [-0.1, -0.05) is 30.7 Å². The average molecular weight is 438 g/mol. The molecule has 0 radical (unpaired) electrons. The molecule has 0 fully saturated rings. The summed E-state index contributed by atoms with van der Waals surface area (Å²) in [5.74, 6) is 0.720. The van der Waals surface area contributed by atoms with Crippen LogP contribution in [0.1, 0.15) is 30.0 Å². The average Bonchev–Trinajstić information content (AvgIpc) is 3.09. The van der Waals surface area contributed by atoms with Gasteiger partial charge in [0.15, 0.2) is 12.0 Å². The lowest BCUT2D eigenvalue weighted by atomic mass is 10.2. The fourth-order valence-corrected chi connectivity index (χ4v) is 3.26. The van der Waals surface area contributed by atoms with Crippen LogP contribution in [-0.2, 0) is 6.42 Å². The zero-order chi connectivity index (χ0) is 22.0. The maximum Gasteiger partial charge on any atom is 0.327 e. The standard InChI is InChI=1S/C21H16ClN5O4/c1-2-15-17(22)16-18(25-15)26-21(31-14-6-11(8-23)9-24-10-14)27-19(16)30-13-5-3-4-12(7-13)20(28)29/h3-7,9-10,20,28-29H,2H2,1H3,(H,25,26,27). The largest absolute Gasteiger partial charge is 0.438 e. The molecule has 0 aliphatic carbocycles. The maximum absolute atomic E-state index is 9.42. The Kier molecular flexibility index (Phi) is 5.68. The molecule has 0 bridgehead atoms. The van der Waals surface area contributed by atoms with Gasteiger partial charge in [-0.15, -0.1) is 0 Å². The van der Waals surface area contributed by atoms with Gasteiger partial charge in [0.2, 0.25) is 5.88 Å². The molecule has 4 aromatic rings. The number of aliphatic hydroxyl groups excluding tert-OH is 1. The third-order valence-electron chi connectivity index (χ3n) is 4.38. The second-order valence-corrected chi connectivity index (χ2v) is 6.86. The van der Waals surface area contributed by atoms with Crippen molar-refractivity contribution in [2.45, 2.75) is 19.6 Å². The van der Waals surface area contributed by atoms with Crippen LogP contribution in [0.15, 0.2) is 42.7 Å². The van der Waals surface area contributed by atoms with E-state index in [2.05, 4.69) is 19.9 Å². The van der Waals surface area contributed by atoms with Crippen molar-refractivity contribution in [3.63, 3.8) is 0 Å². The highest BCUT2D eigenvalue weighted by atomic mass is 35.5. The lowest BCUT2D eigenvalue weighted by Gasteiger charge is -2.10. The van der Waals surface area contributed by atoms with E-state index < -0.39 is 6.29 Å². The molecule has 0 saturated heterocycles. The summed E-state index contributed by atoms with van der Waals surface area (Å²) in [5, 5.41) is 28.8. The van der Waals surface area contributed by atoms with E-state index in [1.54, 1.807) is 18.2 Å². The van der Waals surface area contributed by atoms with Crippen LogP contribution in [0, 0.1) is 11.3 Å². The van der Waals surface area contributed by atoms with Crippen molar-refractivity contribution in [2.75, 3.05) is 0 Å². The summed E-state index contributed by atoms with van der Waals surface area (Å²) < 4.78 is 11.6. The molecular weight excluding hydrogens is 422 g/mol. The zero-order valence-electron chi connectivity index (χ0n) is 16.2. The van der Waals surface area contributed by atoms with E-state index in [9.17, 15) is 10.2 Å². The van der Waals surface area contributed by atoms with Crippen LogP contribution < -0.4 is 9.47 Å². The number of H-pyrrole nitrogens is 1. The van der Waals surface area contributed by atoms with E-state index >= 15 is 0 Å². The van der Waals surface area contributed by atoms with Crippen molar-refractivity contribution >= 4 is 22.6 Å². The van der Waals surface area contributed by atoms with Crippen LogP contribution in [0.5, 0.6) is 23.4 Å².